The highest BCUT2D eigenvalue weighted by atomic mass is 32.2. The van der Waals surface area contributed by atoms with Gasteiger partial charge in [0, 0.05) is 32.7 Å². The number of piperidine rings is 1. The lowest BCUT2D eigenvalue weighted by Gasteiger charge is -2.30. The van der Waals surface area contributed by atoms with Gasteiger partial charge in [0.05, 0.1) is 0 Å². The Morgan fingerprint density at radius 1 is 1.15 bits per heavy atom. The van der Waals surface area contributed by atoms with Crippen molar-refractivity contribution >= 4 is 16.0 Å². The average molecular weight is 415 g/mol. The summed E-state index contributed by atoms with van der Waals surface area (Å²) in [6.07, 6.45) is 2.86. The van der Waals surface area contributed by atoms with E-state index in [9.17, 15) is 21.6 Å². The molecule has 0 aromatic rings. The fourth-order valence-corrected chi connectivity index (χ4v) is 3.85. The van der Waals surface area contributed by atoms with Gasteiger partial charge in [-0.3, -0.25) is 4.99 Å². The van der Waals surface area contributed by atoms with Gasteiger partial charge in [-0.15, -0.1) is 0 Å². The van der Waals surface area contributed by atoms with Crippen molar-refractivity contribution < 1.29 is 21.6 Å². The minimum Gasteiger partial charge on any atom is -0.357 e. The van der Waals surface area contributed by atoms with Gasteiger partial charge < -0.3 is 10.6 Å². The molecule has 0 aromatic carbocycles. The van der Waals surface area contributed by atoms with E-state index in [0.717, 1.165) is 19.4 Å². The maximum atomic E-state index is 12.6. The molecule has 10 heteroatoms. The molecular formula is C17H33F3N4O2S. The summed E-state index contributed by atoms with van der Waals surface area (Å²) in [6, 6.07) is 0. The summed E-state index contributed by atoms with van der Waals surface area (Å²) in [4.78, 5) is 4.51. The lowest BCUT2D eigenvalue weighted by molar-refractivity contribution is -0.0496. The van der Waals surface area contributed by atoms with Crippen LogP contribution in [0.2, 0.25) is 0 Å². The number of hydrogen-bond donors (Lipinski definition) is 2. The van der Waals surface area contributed by atoms with E-state index in [4.69, 9.17) is 0 Å². The van der Waals surface area contributed by atoms with Crippen LogP contribution >= 0.6 is 0 Å². The van der Waals surface area contributed by atoms with E-state index in [-0.39, 0.29) is 24.4 Å². The van der Waals surface area contributed by atoms with E-state index >= 15 is 0 Å². The van der Waals surface area contributed by atoms with Crippen LogP contribution in [0.4, 0.5) is 13.2 Å². The Morgan fingerprint density at radius 3 is 2.22 bits per heavy atom. The third-order valence-corrected chi connectivity index (χ3v) is 6.08. The van der Waals surface area contributed by atoms with Gasteiger partial charge in [0.1, 0.15) is 0 Å². The van der Waals surface area contributed by atoms with Crippen LogP contribution in [0.3, 0.4) is 0 Å². The van der Waals surface area contributed by atoms with Gasteiger partial charge in [-0.1, -0.05) is 20.8 Å². The Kier molecular flexibility index (Phi) is 8.85. The summed E-state index contributed by atoms with van der Waals surface area (Å²) in [5, 5.41) is 6.43. The molecule has 0 aromatic heterocycles. The fourth-order valence-electron chi connectivity index (χ4n) is 2.87. The van der Waals surface area contributed by atoms with E-state index < -0.39 is 15.5 Å². The molecule has 0 unspecified atom stereocenters. The summed E-state index contributed by atoms with van der Waals surface area (Å²) in [5.74, 6) is 0.770. The monoisotopic (exact) mass is 414 g/mol. The molecule has 0 amide bonds. The predicted molar refractivity (Wildman–Crippen MR) is 102 cm³/mol. The second kappa shape index (κ2) is 9.95. The fraction of sp³-hybridized carbons (Fsp3) is 0.941. The van der Waals surface area contributed by atoms with Crippen LogP contribution in [-0.2, 0) is 10.0 Å². The maximum absolute atomic E-state index is 12.6. The molecule has 1 rings (SSSR count). The standard InChI is InChI=1S/C17H33F3N4O2S/c1-5-21-15(22-10-6-9-16(2,3)4)23-13-14-7-11-24(12-8-14)27(25,26)17(18,19)20/h14H,5-13H2,1-4H3,(H2,21,22,23). The molecular weight excluding hydrogens is 381 g/mol. The molecule has 2 N–H and O–H groups in total. The molecule has 1 aliphatic heterocycles. The Morgan fingerprint density at radius 2 is 1.74 bits per heavy atom. The highest BCUT2D eigenvalue weighted by Gasteiger charge is 2.50. The van der Waals surface area contributed by atoms with Gasteiger partial charge in [0.2, 0.25) is 0 Å². The molecule has 160 valence electrons. The van der Waals surface area contributed by atoms with E-state index in [2.05, 4.69) is 36.4 Å². The lowest BCUT2D eigenvalue weighted by atomic mass is 9.91. The average Bonchev–Trinajstić information content (AvgIpc) is 2.55. The van der Waals surface area contributed by atoms with Crippen LogP contribution in [0.5, 0.6) is 0 Å². The van der Waals surface area contributed by atoms with Gasteiger partial charge in [-0.05, 0) is 43.9 Å². The third-order valence-electron chi connectivity index (χ3n) is 4.45. The minimum atomic E-state index is -5.23. The van der Waals surface area contributed by atoms with Crippen molar-refractivity contribution in [3.05, 3.63) is 0 Å². The molecule has 6 nitrogen and oxygen atoms in total. The molecule has 1 heterocycles. The van der Waals surface area contributed by atoms with Crippen LogP contribution in [0.15, 0.2) is 4.99 Å². The summed E-state index contributed by atoms with van der Waals surface area (Å²) >= 11 is 0. The molecule has 0 atom stereocenters. The molecule has 1 aliphatic rings. The summed E-state index contributed by atoms with van der Waals surface area (Å²) < 4.78 is 61.2. The SMILES string of the molecule is CCNC(=NCC1CCN(S(=O)(=O)C(F)(F)F)CC1)NCCCC(C)(C)C. The second-order valence-corrected chi connectivity index (χ2v) is 10.0. The van der Waals surface area contributed by atoms with Crippen LogP contribution in [-0.4, -0.2) is 56.9 Å². The molecule has 0 spiro atoms. The summed E-state index contributed by atoms with van der Waals surface area (Å²) in [5.41, 5.74) is -4.95. The Labute approximate surface area is 161 Å². The number of aliphatic imine (C=N–C) groups is 1. The Hall–Kier alpha value is -1.03. The van der Waals surface area contributed by atoms with E-state index in [1.165, 1.54) is 0 Å². The Bertz CT molecular complexity index is 578. The van der Waals surface area contributed by atoms with Crippen molar-refractivity contribution in [3.63, 3.8) is 0 Å². The van der Waals surface area contributed by atoms with Crippen molar-refractivity contribution in [3.8, 4) is 0 Å². The molecule has 1 fully saturated rings. The molecule has 0 saturated carbocycles. The van der Waals surface area contributed by atoms with Gasteiger partial charge in [-0.2, -0.15) is 17.5 Å². The van der Waals surface area contributed by atoms with Gasteiger partial charge in [0.25, 0.3) is 0 Å². The number of nitrogens with zero attached hydrogens (tertiary/aromatic N) is 2. The largest absolute Gasteiger partial charge is 0.511 e. The number of guanidine groups is 1. The number of alkyl halides is 3. The number of sulfonamides is 1. The van der Waals surface area contributed by atoms with Crippen molar-refractivity contribution in [2.24, 2.45) is 16.3 Å². The van der Waals surface area contributed by atoms with Gasteiger partial charge >= 0.3 is 15.5 Å². The molecule has 0 aliphatic carbocycles. The first-order valence-electron chi connectivity index (χ1n) is 9.45. The van der Waals surface area contributed by atoms with Crippen molar-refractivity contribution in [1.82, 2.24) is 14.9 Å². The van der Waals surface area contributed by atoms with Crippen LogP contribution in [0, 0.1) is 11.3 Å². The zero-order valence-corrected chi connectivity index (χ0v) is 17.5. The van der Waals surface area contributed by atoms with E-state index in [1.54, 1.807) is 0 Å². The normalized spacial score (nSPS) is 18.6. The molecule has 1 saturated heterocycles. The van der Waals surface area contributed by atoms with E-state index in [0.29, 0.717) is 36.2 Å². The van der Waals surface area contributed by atoms with E-state index in [1.807, 2.05) is 6.92 Å². The smallest absolute Gasteiger partial charge is 0.357 e. The second-order valence-electron chi connectivity index (χ2n) is 8.10. The Balaban J connectivity index is 2.48. The molecule has 27 heavy (non-hydrogen) atoms. The first kappa shape index (κ1) is 24.0. The third kappa shape index (κ3) is 8.25. The van der Waals surface area contributed by atoms with Crippen LogP contribution in [0.25, 0.3) is 0 Å². The first-order chi connectivity index (χ1) is 12.4. The first-order valence-corrected chi connectivity index (χ1v) is 10.9. The lowest BCUT2D eigenvalue weighted by Crippen LogP contribution is -2.45. The predicted octanol–water partition coefficient (Wildman–Crippen LogP) is 2.93. The topological polar surface area (TPSA) is 73.8 Å². The van der Waals surface area contributed by atoms with Crippen LogP contribution < -0.4 is 10.6 Å². The van der Waals surface area contributed by atoms with Crippen molar-refractivity contribution in [2.75, 3.05) is 32.7 Å². The van der Waals surface area contributed by atoms with Gasteiger partial charge in [0.15, 0.2) is 5.96 Å². The summed E-state index contributed by atoms with van der Waals surface area (Å²) in [6.45, 7) is 10.3. The zero-order chi connectivity index (χ0) is 20.7. The number of nitrogens with one attached hydrogen (secondary N) is 2. The number of hydrogen-bond acceptors (Lipinski definition) is 3. The zero-order valence-electron chi connectivity index (χ0n) is 16.7. The number of rotatable bonds is 7. The van der Waals surface area contributed by atoms with Crippen LogP contribution in [0.1, 0.15) is 53.4 Å². The molecule has 0 radical (unpaired) electrons. The minimum absolute atomic E-state index is 0.0784. The summed E-state index contributed by atoms with van der Waals surface area (Å²) in [7, 11) is -5.22. The van der Waals surface area contributed by atoms with Crippen molar-refractivity contribution in [2.45, 2.75) is 58.9 Å². The quantitative estimate of drug-likeness (QED) is 0.382. The highest BCUT2D eigenvalue weighted by Crippen LogP contribution is 2.30. The highest BCUT2D eigenvalue weighted by molar-refractivity contribution is 7.90. The molecule has 0 bridgehead atoms. The number of halogens is 3. The van der Waals surface area contributed by atoms with Crippen molar-refractivity contribution in [1.29, 1.82) is 0 Å². The van der Waals surface area contributed by atoms with Gasteiger partial charge in [-0.25, -0.2) is 8.42 Å². The maximum Gasteiger partial charge on any atom is 0.511 e.